The van der Waals surface area contributed by atoms with Crippen LogP contribution in [0.25, 0.3) is 0 Å². The minimum absolute atomic E-state index is 0.0953. The number of nitrogens with one attached hydrogen (secondary N) is 1. The SMILES string of the molecule is CCN1C(=O)[C@@H](NC(=O)OC(C)(C)C)Cc2ccccc21. The van der Waals surface area contributed by atoms with Gasteiger partial charge in [-0.05, 0) is 39.3 Å². The average molecular weight is 290 g/mol. The van der Waals surface area contributed by atoms with Crippen molar-refractivity contribution in [2.24, 2.45) is 0 Å². The first kappa shape index (κ1) is 15.4. The van der Waals surface area contributed by atoms with Gasteiger partial charge in [-0.2, -0.15) is 0 Å². The minimum atomic E-state index is -0.579. The van der Waals surface area contributed by atoms with Crippen molar-refractivity contribution in [3.05, 3.63) is 29.8 Å². The highest BCUT2D eigenvalue weighted by Gasteiger charge is 2.33. The molecule has 5 heteroatoms. The number of likely N-dealkylation sites (N-methyl/N-ethyl adjacent to an activating group) is 1. The number of alkyl carbamates (subject to hydrolysis) is 1. The van der Waals surface area contributed by atoms with E-state index >= 15 is 0 Å². The van der Waals surface area contributed by atoms with Crippen molar-refractivity contribution >= 4 is 17.7 Å². The lowest BCUT2D eigenvalue weighted by atomic mass is 9.97. The Kier molecular flexibility index (Phi) is 4.21. The van der Waals surface area contributed by atoms with Crippen LogP contribution >= 0.6 is 0 Å². The summed E-state index contributed by atoms with van der Waals surface area (Å²) in [6.45, 7) is 7.88. The molecule has 0 unspecified atom stereocenters. The number of rotatable bonds is 2. The van der Waals surface area contributed by atoms with Crippen molar-refractivity contribution < 1.29 is 14.3 Å². The van der Waals surface area contributed by atoms with Crippen molar-refractivity contribution in [2.45, 2.75) is 45.8 Å². The van der Waals surface area contributed by atoms with Crippen molar-refractivity contribution in [2.75, 3.05) is 11.4 Å². The van der Waals surface area contributed by atoms with Crippen LogP contribution in [0, 0.1) is 0 Å². The lowest BCUT2D eigenvalue weighted by molar-refractivity contribution is -0.121. The number of hydrogen-bond acceptors (Lipinski definition) is 3. The molecule has 1 atom stereocenters. The minimum Gasteiger partial charge on any atom is -0.444 e. The largest absolute Gasteiger partial charge is 0.444 e. The molecule has 0 spiro atoms. The van der Waals surface area contributed by atoms with Crippen LogP contribution in [0.2, 0.25) is 0 Å². The summed E-state index contributed by atoms with van der Waals surface area (Å²) in [5.41, 5.74) is 1.40. The lowest BCUT2D eigenvalue weighted by Crippen LogP contribution is -2.53. The zero-order valence-electron chi connectivity index (χ0n) is 13.0. The zero-order valence-corrected chi connectivity index (χ0v) is 13.0. The van der Waals surface area contributed by atoms with Crippen LogP contribution in [0.4, 0.5) is 10.5 Å². The Balaban J connectivity index is 2.16. The van der Waals surface area contributed by atoms with E-state index in [1.807, 2.05) is 31.2 Å². The van der Waals surface area contributed by atoms with E-state index in [0.717, 1.165) is 11.3 Å². The number of carbonyl (C=O) groups is 2. The summed E-state index contributed by atoms with van der Waals surface area (Å²) in [7, 11) is 0. The summed E-state index contributed by atoms with van der Waals surface area (Å²) in [5, 5.41) is 2.68. The van der Waals surface area contributed by atoms with E-state index in [1.54, 1.807) is 25.7 Å². The number of anilines is 1. The number of fused-ring (bicyclic) bond motifs is 1. The molecule has 1 aliphatic heterocycles. The fourth-order valence-corrected chi connectivity index (χ4v) is 2.45. The zero-order chi connectivity index (χ0) is 15.6. The second-order valence-electron chi connectivity index (χ2n) is 6.11. The molecule has 1 aromatic carbocycles. The third kappa shape index (κ3) is 3.54. The third-order valence-electron chi connectivity index (χ3n) is 3.28. The maximum Gasteiger partial charge on any atom is 0.408 e. The smallest absolute Gasteiger partial charge is 0.408 e. The molecule has 2 rings (SSSR count). The predicted molar refractivity (Wildman–Crippen MR) is 81.3 cm³/mol. The molecule has 1 heterocycles. The van der Waals surface area contributed by atoms with Gasteiger partial charge in [0.05, 0.1) is 0 Å². The molecule has 21 heavy (non-hydrogen) atoms. The Hall–Kier alpha value is -2.04. The van der Waals surface area contributed by atoms with Crippen LogP contribution in [0.5, 0.6) is 0 Å². The van der Waals surface area contributed by atoms with Gasteiger partial charge in [-0.1, -0.05) is 18.2 Å². The summed E-state index contributed by atoms with van der Waals surface area (Å²) >= 11 is 0. The average Bonchev–Trinajstić information content (AvgIpc) is 2.37. The van der Waals surface area contributed by atoms with E-state index in [4.69, 9.17) is 4.74 Å². The van der Waals surface area contributed by atoms with E-state index in [1.165, 1.54) is 0 Å². The lowest BCUT2D eigenvalue weighted by Gasteiger charge is -2.34. The number of benzene rings is 1. The summed E-state index contributed by atoms with van der Waals surface area (Å²) in [5.74, 6) is -0.0953. The molecule has 0 bridgehead atoms. The molecule has 1 aliphatic rings. The molecule has 0 radical (unpaired) electrons. The van der Waals surface area contributed by atoms with Crippen LogP contribution in [0.3, 0.4) is 0 Å². The van der Waals surface area contributed by atoms with E-state index in [0.29, 0.717) is 13.0 Å². The molecular weight excluding hydrogens is 268 g/mol. The van der Waals surface area contributed by atoms with Crippen LogP contribution in [0.15, 0.2) is 24.3 Å². The fourth-order valence-electron chi connectivity index (χ4n) is 2.45. The topological polar surface area (TPSA) is 58.6 Å². The maximum absolute atomic E-state index is 12.5. The first-order chi connectivity index (χ1) is 9.81. The van der Waals surface area contributed by atoms with Gasteiger partial charge in [-0.3, -0.25) is 4.79 Å². The fraction of sp³-hybridized carbons (Fsp3) is 0.500. The molecule has 0 saturated carbocycles. The van der Waals surface area contributed by atoms with Crippen LogP contribution in [-0.2, 0) is 16.0 Å². The molecule has 0 saturated heterocycles. The van der Waals surface area contributed by atoms with Gasteiger partial charge in [-0.25, -0.2) is 4.79 Å². The van der Waals surface area contributed by atoms with E-state index in [9.17, 15) is 9.59 Å². The highest BCUT2D eigenvalue weighted by molar-refractivity contribution is 6.01. The molecule has 1 N–H and O–H groups in total. The molecule has 0 aliphatic carbocycles. The van der Waals surface area contributed by atoms with Gasteiger partial charge >= 0.3 is 6.09 Å². The van der Waals surface area contributed by atoms with Gasteiger partial charge in [0.15, 0.2) is 0 Å². The number of carbonyl (C=O) groups excluding carboxylic acids is 2. The van der Waals surface area contributed by atoms with Gasteiger partial charge in [0, 0.05) is 18.7 Å². The molecule has 5 nitrogen and oxygen atoms in total. The van der Waals surface area contributed by atoms with Gasteiger partial charge in [0.25, 0.3) is 0 Å². The number of ether oxygens (including phenoxy) is 1. The Morgan fingerprint density at radius 1 is 1.38 bits per heavy atom. The Bertz CT molecular complexity index is 549. The van der Waals surface area contributed by atoms with Crippen molar-refractivity contribution in [1.82, 2.24) is 5.32 Å². The Morgan fingerprint density at radius 2 is 2.05 bits per heavy atom. The highest BCUT2D eigenvalue weighted by atomic mass is 16.6. The van der Waals surface area contributed by atoms with Crippen LogP contribution in [-0.4, -0.2) is 30.2 Å². The molecule has 2 amide bonds. The van der Waals surface area contributed by atoms with Gasteiger partial charge in [0.1, 0.15) is 11.6 Å². The standard InChI is InChI=1S/C16H22N2O3/c1-5-18-13-9-7-6-8-11(13)10-12(14(18)19)17-15(20)21-16(2,3)4/h6-9,12H,5,10H2,1-4H3,(H,17,20)/t12-/m0/s1. The van der Waals surface area contributed by atoms with Crippen LogP contribution in [0.1, 0.15) is 33.3 Å². The maximum atomic E-state index is 12.5. The molecule has 114 valence electrons. The summed E-state index contributed by atoms with van der Waals surface area (Å²) in [4.78, 5) is 26.0. The summed E-state index contributed by atoms with van der Waals surface area (Å²) < 4.78 is 5.22. The Labute approximate surface area is 125 Å². The van der Waals surface area contributed by atoms with Crippen molar-refractivity contribution in [3.8, 4) is 0 Å². The number of hydrogen-bond donors (Lipinski definition) is 1. The van der Waals surface area contributed by atoms with E-state index < -0.39 is 17.7 Å². The first-order valence-electron chi connectivity index (χ1n) is 7.20. The molecule has 1 aromatic rings. The van der Waals surface area contributed by atoms with Crippen molar-refractivity contribution in [1.29, 1.82) is 0 Å². The normalized spacial score (nSPS) is 18.2. The molecular formula is C16H22N2O3. The third-order valence-corrected chi connectivity index (χ3v) is 3.28. The number of para-hydroxylation sites is 1. The molecule has 0 fully saturated rings. The quantitative estimate of drug-likeness (QED) is 0.910. The Morgan fingerprint density at radius 3 is 2.67 bits per heavy atom. The number of amides is 2. The number of nitrogens with zero attached hydrogens (tertiary/aromatic N) is 1. The van der Waals surface area contributed by atoms with Crippen LogP contribution < -0.4 is 10.2 Å². The van der Waals surface area contributed by atoms with Gasteiger partial charge < -0.3 is 15.0 Å². The van der Waals surface area contributed by atoms with E-state index in [2.05, 4.69) is 5.32 Å². The van der Waals surface area contributed by atoms with Gasteiger partial charge in [0.2, 0.25) is 5.91 Å². The highest BCUT2D eigenvalue weighted by Crippen LogP contribution is 2.27. The second kappa shape index (κ2) is 5.76. The van der Waals surface area contributed by atoms with Crippen molar-refractivity contribution in [3.63, 3.8) is 0 Å². The first-order valence-corrected chi connectivity index (χ1v) is 7.20. The predicted octanol–water partition coefficient (Wildman–Crippen LogP) is 2.49. The second-order valence-corrected chi connectivity index (χ2v) is 6.11. The van der Waals surface area contributed by atoms with Gasteiger partial charge in [-0.15, -0.1) is 0 Å². The summed E-state index contributed by atoms with van der Waals surface area (Å²) in [6.07, 6.45) is -0.0682. The van der Waals surface area contributed by atoms with E-state index in [-0.39, 0.29) is 5.91 Å². The molecule has 0 aromatic heterocycles. The monoisotopic (exact) mass is 290 g/mol. The summed E-state index contributed by atoms with van der Waals surface area (Å²) in [6, 6.07) is 7.19.